The summed E-state index contributed by atoms with van der Waals surface area (Å²) in [7, 11) is 0. The van der Waals surface area contributed by atoms with E-state index in [1.165, 1.54) is 0 Å². The van der Waals surface area contributed by atoms with E-state index in [0.29, 0.717) is 12.5 Å². The Morgan fingerprint density at radius 2 is 2.17 bits per heavy atom. The van der Waals surface area contributed by atoms with Gasteiger partial charge in [-0.15, -0.1) is 16.4 Å². The van der Waals surface area contributed by atoms with Gasteiger partial charge in [0.2, 0.25) is 5.95 Å². The van der Waals surface area contributed by atoms with Crippen molar-refractivity contribution in [2.24, 2.45) is 0 Å². The number of fused-ring (bicyclic) bond motifs is 1. The number of hydrogen-bond acceptors (Lipinski definition) is 5. The second-order valence-corrected chi connectivity index (χ2v) is 5.15. The zero-order chi connectivity index (χ0) is 12.5. The van der Waals surface area contributed by atoms with Crippen molar-refractivity contribution in [3.63, 3.8) is 0 Å². The third kappa shape index (κ3) is 2.06. The molecular weight excluding hydrogens is 246 g/mol. The highest BCUT2D eigenvalue weighted by Crippen LogP contribution is 2.11. The maximum absolute atomic E-state index is 4.41. The van der Waals surface area contributed by atoms with Gasteiger partial charge in [-0.25, -0.2) is 9.50 Å². The zero-order valence-electron chi connectivity index (χ0n) is 10.2. The van der Waals surface area contributed by atoms with Crippen molar-refractivity contribution in [2.75, 3.05) is 5.32 Å². The molecule has 1 N–H and O–H groups in total. The highest BCUT2D eigenvalue weighted by Gasteiger charge is 2.05. The van der Waals surface area contributed by atoms with E-state index in [0.717, 1.165) is 22.0 Å². The lowest BCUT2D eigenvalue weighted by atomic mass is 10.4. The summed E-state index contributed by atoms with van der Waals surface area (Å²) in [4.78, 5) is 8.80. The molecule has 18 heavy (non-hydrogen) atoms. The van der Waals surface area contributed by atoms with Crippen molar-refractivity contribution >= 4 is 22.9 Å². The van der Waals surface area contributed by atoms with Gasteiger partial charge in [-0.05, 0) is 26.0 Å². The number of nitrogens with one attached hydrogen (secondary N) is 1. The van der Waals surface area contributed by atoms with Crippen LogP contribution < -0.4 is 5.32 Å². The first-order valence-corrected chi connectivity index (χ1v) is 6.57. The van der Waals surface area contributed by atoms with Crippen LogP contribution in [0, 0.1) is 13.8 Å². The Labute approximate surface area is 109 Å². The van der Waals surface area contributed by atoms with Gasteiger partial charge in [0, 0.05) is 11.1 Å². The maximum atomic E-state index is 4.41. The second kappa shape index (κ2) is 4.38. The molecular formula is C12H13N5S. The van der Waals surface area contributed by atoms with E-state index in [-0.39, 0.29) is 0 Å². The van der Waals surface area contributed by atoms with E-state index in [2.05, 4.69) is 20.4 Å². The molecule has 0 radical (unpaired) electrons. The Hall–Kier alpha value is -1.95. The van der Waals surface area contributed by atoms with Crippen LogP contribution in [0.3, 0.4) is 0 Å². The fourth-order valence-electron chi connectivity index (χ4n) is 1.77. The number of hydrogen-bond donors (Lipinski definition) is 1. The van der Waals surface area contributed by atoms with Crippen LogP contribution in [0.2, 0.25) is 0 Å². The van der Waals surface area contributed by atoms with Crippen LogP contribution in [0.1, 0.15) is 16.4 Å². The molecule has 0 fully saturated rings. The molecule has 0 aliphatic heterocycles. The summed E-state index contributed by atoms with van der Waals surface area (Å²) in [6.45, 7) is 4.66. The van der Waals surface area contributed by atoms with Crippen LogP contribution in [-0.2, 0) is 6.54 Å². The Kier molecular flexibility index (Phi) is 2.71. The van der Waals surface area contributed by atoms with Crippen LogP contribution in [-0.4, -0.2) is 19.6 Å². The summed E-state index contributed by atoms with van der Waals surface area (Å²) in [5.74, 6) is 0.634. The Bertz CT molecular complexity index is 685. The first kappa shape index (κ1) is 11.2. The fraction of sp³-hybridized carbons (Fsp3) is 0.250. The zero-order valence-corrected chi connectivity index (χ0v) is 11.0. The van der Waals surface area contributed by atoms with Crippen molar-refractivity contribution in [1.29, 1.82) is 0 Å². The van der Waals surface area contributed by atoms with Gasteiger partial charge in [-0.3, -0.25) is 0 Å². The normalized spacial score (nSPS) is 11.0. The molecule has 5 nitrogen and oxygen atoms in total. The van der Waals surface area contributed by atoms with Gasteiger partial charge in [-0.2, -0.15) is 4.98 Å². The minimum absolute atomic E-state index is 0.634. The van der Waals surface area contributed by atoms with Gasteiger partial charge in [0.15, 0.2) is 5.65 Å². The van der Waals surface area contributed by atoms with E-state index in [4.69, 9.17) is 0 Å². The van der Waals surface area contributed by atoms with Crippen molar-refractivity contribution in [2.45, 2.75) is 20.4 Å². The van der Waals surface area contributed by atoms with E-state index < -0.39 is 0 Å². The summed E-state index contributed by atoms with van der Waals surface area (Å²) < 4.78 is 1.83. The summed E-state index contributed by atoms with van der Waals surface area (Å²) in [6, 6.07) is 5.93. The molecule has 0 saturated carbocycles. The molecule has 0 amide bonds. The molecule has 0 aliphatic carbocycles. The highest BCUT2D eigenvalue weighted by molar-refractivity contribution is 7.09. The summed E-state index contributed by atoms with van der Waals surface area (Å²) in [5, 5.41) is 10.7. The number of thiazole rings is 1. The van der Waals surface area contributed by atoms with E-state index in [9.17, 15) is 0 Å². The van der Waals surface area contributed by atoms with Crippen LogP contribution in [0.5, 0.6) is 0 Å². The molecule has 0 unspecified atom stereocenters. The Morgan fingerprint density at radius 3 is 2.89 bits per heavy atom. The molecule has 3 aromatic heterocycles. The van der Waals surface area contributed by atoms with Gasteiger partial charge in [-0.1, -0.05) is 6.07 Å². The average molecular weight is 259 g/mol. The lowest BCUT2D eigenvalue weighted by Gasteiger charge is -1.97. The number of anilines is 1. The molecule has 0 aromatic carbocycles. The molecule has 6 heteroatoms. The summed E-state index contributed by atoms with van der Waals surface area (Å²) in [5.41, 5.74) is 2.94. The van der Waals surface area contributed by atoms with Gasteiger partial charge in [0.25, 0.3) is 0 Å². The van der Waals surface area contributed by atoms with Crippen LogP contribution >= 0.6 is 11.3 Å². The van der Waals surface area contributed by atoms with E-state index in [1.54, 1.807) is 11.3 Å². The molecule has 92 valence electrons. The molecule has 3 aromatic rings. The number of pyridine rings is 1. The topological polar surface area (TPSA) is 55.1 Å². The number of aryl methyl sites for hydroxylation is 2. The first-order valence-electron chi connectivity index (χ1n) is 5.69. The maximum Gasteiger partial charge on any atom is 0.243 e. The van der Waals surface area contributed by atoms with Crippen LogP contribution in [0.15, 0.2) is 23.6 Å². The average Bonchev–Trinajstić information content (AvgIpc) is 2.93. The second-order valence-electron chi connectivity index (χ2n) is 4.08. The Morgan fingerprint density at radius 1 is 1.28 bits per heavy atom. The minimum atomic E-state index is 0.634. The van der Waals surface area contributed by atoms with Crippen molar-refractivity contribution in [3.8, 4) is 0 Å². The molecule has 3 rings (SSSR count). The molecule has 3 heterocycles. The SMILES string of the molecule is Cc1nc(CNc2nc3cccc(C)n3n2)cs1. The lowest BCUT2D eigenvalue weighted by Crippen LogP contribution is -2.01. The van der Waals surface area contributed by atoms with Crippen LogP contribution in [0.4, 0.5) is 5.95 Å². The molecule has 0 bridgehead atoms. The number of rotatable bonds is 3. The summed E-state index contributed by atoms with van der Waals surface area (Å²) in [6.07, 6.45) is 0. The minimum Gasteiger partial charge on any atom is -0.347 e. The predicted molar refractivity (Wildman–Crippen MR) is 71.9 cm³/mol. The quantitative estimate of drug-likeness (QED) is 0.784. The highest BCUT2D eigenvalue weighted by atomic mass is 32.1. The standard InChI is InChI=1S/C12H13N5S/c1-8-4-3-5-11-15-12(16-17(8)11)13-6-10-7-18-9(2)14-10/h3-5,7H,6H2,1-2H3,(H,13,16). The monoisotopic (exact) mass is 259 g/mol. The van der Waals surface area contributed by atoms with E-state index >= 15 is 0 Å². The van der Waals surface area contributed by atoms with Crippen molar-refractivity contribution in [1.82, 2.24) is 19.6 Å². The molecule has 0 saturated heterocycles. The largest absolute Gasteiger partial charge is 0.347 e. The molecule has 0 spiro atoms. The van der Waals surface area contributed by atoms with E-state index in [1.807, 2.05) is 41.9 Å². The van der Waals surface area contributed by atoms with Gasteiger partial charge in [0.05, 0.1) is 17.2 Å². The van der Waals surface area contributed by atoms with Crippen LogP contribution in [0.25, 0.3) is 5.65 Å². The number of nitrogens with zero attached hydrogens (tertiary/aromatic N) is 4. The fourth-order valence-corrected chi connectivity index (χ4v) is 2.38. The van der Waals surface area contributed by atoms with Crippen molar-refractivity contribution < 1.29 is 0 Å². The first-order chi connectivity index (χ1) is 8.72. The predicted octanol–water partition coefficient (Wildman–Crippen LogP) is 2.41. The van der Waals surface area contributed by atoms with Gasteiger partial charge >= 0.3 is 0 Å². The summed E-state index contributed by atoms with van der Waals surface area (Å²) >= 11 is 1.65. The van der Waals surface area contributed by atoms with Gasteiger partial charge in [0.1, 0.15) is 0 Å². The smallest absolute Gasteiger partial charge is 0.243 e. The molecule has 0 aliphatic rings. The van der Waals surface area contributed by atoms with Gasteiger partial charge < -0.3 is 5.32 Å². The Balaban J connectivity index is 1.81. The third-order valence-electron chi connectivity index (χ3n) is 2.64. The molecule has 0 atom stereocenters. The number of aromatic nitrogens is 4. The third-order valence-corrected chi connectivity index (χ3v) is 3.47. The lowest BCUT2D eigenvalue weighted by molar-refractivity contribution is 0.906. The van der Waals surface area contributed by atoms with Crippen molar-refractivity contribution in [3.05, 3.63) is 40.0 Å².